The molecule has 6 heteroatoms. The van der Waals surface area contributed by atoms with Gasteiger partial charge in [0.15, 0.2) is 0 Å². The Morgan fingerprint density at radius 3 is 2.16 bits per heavy atom. The number of carbonyl (C=O) groups is 2. The number of Topliss-reactive ketones (excluding diaryl/α,β-unsaturated/α-hetero) is 2. The molecule has 0 saturated heterocycles. The number of rotatable bonds is 2. The number of benzene rings is 2. The van der Waals surface area contributed by atoms with Crippen LogP contribution in [0.3, 0.4) is 0 Å². The normalized spacial score (nSPS) is 16.3. The van der Waals surface area contributed by atoms with Gasteiger partial charge in [0.2, 0.25) is 0 Å². The SMILES string of the molecule is O=C1CC(=O)CC(c2cc(-c3cccc(F)c3)cc(C(F)(F)F)c2)C1. The maximum Gasteiger partial charge on any atom is 0.416 e. The lowest BCUT2D eigenvalue weighted by Crippen LogP contribution is -2.21. The Bertz CT molecular complexity index is 824. The Kier molecular flexibility index (Phi) is 4.45. The predicted molar refractivity (Wildman–Crippen MR) is 83.4 cm³/mol. The molecule has 0 aliphatic heterocycles. The minimum atomic E-state index is -4.58. The van der Waals surface area contributed by atoms with Crippen molar-refractivity contribution in [1.29, 1.82) is 0 Å². The molecule has 0 aromatic heterocycles. The average molecular weight is 350 g/mol. The monoisotopic (exact) mass is 350 g/mol. The van der Waals surface area contributed by atoms with Crippen molar-refractivity contribution >= 4 is 11.6 Å². The van der Waals surface area contributed by atoms with Gasteiger partial charge < -0.3 is 0 Å². The lowest BCUT2D eigenvalue weighted by atomic mass is 9.81. The number of ketones is 2. The van der Waals surface area contributed by atoms with Gasteiger partial charge in [-0.05, 0) is 46.9 Å². The first-order valence-corrected chi connectivity index (χ1v) is 7.74. The summed E-state index contributed by atoms with van der Waals surface area (Å²) < 4.78 is 53.2. The first-order chi connectivity index (χ1) is 11.7. The molecule has 2 aromatic rings. The van der Waals surface area contributed by atoms with Gasteiger partial charge in [0.05, 0.1) is 12.0 Å². The van der Waals surface area contributed by atoms with Crippen LogP contribution in [0, 0.1) is 5.82 Å². The molecular weight excluding hydrogens is 336 g/mol. The summed E-state index contributed by atoms with van der Waals surface area (Å²) in [5.41, 5.74) is -0.0965. The van der Waals surface area contributed by atoms with Crippen molar-refractivity contribution < 1.29 is 27.2 Å². The summed E-state index contributed by atoms with van der Waals surface area (Å²) in [7, 11) is 0. The Hall–Kier alpha value is -2.50. The largest absolute Gasteiger partial charge is 0.416 e. The van der Waals surface area contributed by atoms with Gasteiger partial charge in [0.25, 0.3) is 0 Å². The van der Waals surface area contributed by atoms with Crippen LogP contribution in [0.2, 0.25) is 0 Å². The van der Waals surface area contributed by atoms with Crippen molar-refractivity contribution in [2.75, 3.05) is 0 Å². The van der Waals surface area contributed by atoms with Crippen molar-refractivity contribution in [2.45, 2.75) is 31.4 Å². The summed E-state index contributed by atoms with van der Waals surface area (Å²) in [6.45, 7) is 0. The van der Waals surface area contributed by atoms with Gasteiger partial charge in [0, 0.05) is 12.8 Å². The standard InChI is InChI=1S/C19H14F4O2/c20-16-3-1-2-11(7-16)12-4-13(6-15(5-12)19(21,22)23)14-8-17(24)10-18(25)9-14/h1-7,14H,8-10H2. The molecular formula is C19H14F4O2. The van der Waals surface area contributed by atoms with Crippen molar-refractivity contribution in [2.24, 2.45) is 0 Å². The number of hydrogen-bond acceptors (Lipinski definition) is 2. The van der Waals surface area contributed by atoms with E-state index in [0.29, 0.717) is 5.56 Å². The van der Waals surface area contributed by atoms with Crippen LogP contribution in [0.1, 0.15) is 36.3 Å². The molecule has 0 amide bonds. The van der Waals surface area contributed by atoms with E-state index >= 15 is 0 Å². The van der Waals surface area contributed by atoms with E-state index in [1.54, 1.807) is 0 Å². The van der Waals surface area contributed by atoms with E-state index in [9.17, 15) is 27.2 Å². The summed E-state index contributed by atoms with van der Waals surface area (Å²) in [6.07, 6.45) is -4.67. The molecule has 1 aliphatic carbocycles. The Morgan fingerprint density at radius 2 is 1.56 bits per heavy atom. The zero-order valence-electron chi connectivity index (χ0n) is 13.1. The fourth-order valence-corrected chi connectivity index (χ4v) is 3.11. The van der Waals surface area contributed by atoms with Gasteiger partial charge >= 0.3 is 6.18 Å². The topological polar surface area (TPSA) is 34.1 Å². The molecule has 0 unspecified atom stereocenters. The summed E-state index contributed by atoms with van der Waals surface area (Å²) in [5, 5.41) is 0. The lowest BCUT2D eigenvalue weighted by Gasteiger charge is -2.22. The molecule has 0 heterocycles. The van der Waals surface area contributed by atoms with Crippen LogP contribution >= 0.6 is 0 Å². The Balaban J connectivity index is 2.10. The summed E-state index contributed by atoms with van der Waals surface area (Å²) in [6, 6.07) is 8.70. The quantitative estimate of drug-likeness (QED) is 0.569. The van der Waals surface area contributed by atoms with Crippen molar-refractivity contribution in [3.8, 4) is 11.1 Å². The number of halogens is 4. The van der Waals surface area contributed by atoms with Crippen LogP contribution in [0.5, 0.6) is 0 Å². The second-order valence-electron chi connectivity index (χ2n) is 6.21. The number of alkyl halides is 3. The summed E-state index contributed by atoms with van der Waals surface area (Å²) in [4.78, 5) is 23.3. The fraction of sp³-hybridized carbons (Fsp3) is 0.263. The number of carbonyl (C=O) groups excluding carboxylic acids is 2. The van der Waals surface area contributed by atoms with Gasteiger partial charge in [0.1, 0.15) is 17.4 Å². The van der Waals surface area contributed by atoms with Crippen molar-refractivity contribution in [3.05, 3.63) is 59.4 Å². The number of hydrogen-bond donors (Lipinski definition) is 0. The van der Waals surface area contributed by atoms with Gasteiger partial charge in [-0.1, -0.05) is 18.2 Å². The zero-order chi connectivity index (χ0) is 18.2. The van der Waals surface area contributed by atoms with Gasteiger partial charge in [-0.25, -0.2) is 4.39 Å². The molecule has 2 nitrogen and oxygen atoms in total. The third-order valence-corrected chi connectivity index (χ3v) is 4.25. The van der Waals surface area contributed by atoms with Crippen LogP contribution in [0.15, 0.2) is 42.5 Å². The van der Waals surface area contributed by atoms with Crippen LogP contribution in [-0.4, -0.2) is 11.6 Å². The van der Waals surface area contributed by atoms with Crippen LogP contribution in [-0.2, 0) is 15.8 Å². The maximum absolute atomic E-state index is 13.4. The van der Waals surface area contributed by atoms with Crippen LogP contribution < -0.4 is 0 Å². The van der Waals surface area contributed by atoms with E-state index in [2.05, 4.69) is 0 Å². The van der Waals surface area contributed by atoms with Crippen molar-refractivity contribution in [1.82, 2.24) is 0 Å². The first-order valence-electron chi connectivity index (χ1n) is 7.74. The molecule has 1 saturated carbocycles. The molecule has 25 heavy (non-hydrogen) atoms. The maximum atomic E-state index is 13.4. The highest BCUT2D eigenvalue weighted by Gasteiger charge is 2.33. The molecule has 3 rings (SSSR count). The summed E-state index contributed by atoms with van der Waals surface area (Å²) in [5.74, 6) is -1.68. The van der Waals surface area contributed by atoms with E-state index in [-0.39, 0.29) is 42.0 Å². The smallest absolute Gasteiger partial charge is 0.299 e. The van der Waals surface area contributed by atoms with Crippen molar-refractivity contribution in [3.63, 3.8) is 0 Å². The molecule has 2 aromatic carbocycles. The van der Waals surface area contributed by atoms with Crippen LogP contribution in [0.4, 0.5) is 17.6 Å². The predicted octanol–water partition coefficient (Wildman–Crippen LogP) is 4.92. The second kappa shape index (κ2) is 6.43. The highest BCUT2D eigenvalue weighted by molar-refractivity contribution is 6.02. The first kappa shape index (κ1) is 17.3. The molecule has 1 aliphatic rings. The molecule has 0 spiro atoms. The van der Waals surface area contributed by atoms with E-state index in [0.717, 1.165) is 18.2 Å². The average Bonchev–Trinajstić information content (AvgIpc) is 2.53. The van der Waals surface area contributed by atoms with Gasteiger partial charge in [-0.15, -0.1) is 0 Å². The highest BCUT2D eigenvalue weighted by Crippen LogP contribution is 2.38. The Labute approximate surface area is 141 Å². The van der Waals surface area contributed by atoms with E-state index in [4.69, 9.17) is 0 Å². The minimum Gasteiger partial charge on any atom is -0.299 e. The van der Waals surface area contributed by atoms with E-state index < -0.39 is 23.5 Å². The van der Waals surface area contributed by atoms with E-state index in [1.165, 1.54) is 24.3 Å². The molecule has 0 radical (unpaired) electrons. The minimum absolute atomic E-state index is 0.0373. The van der Waals surface area contributed by atoms with E-state index in [1.807, 2.05) is 0 Å². The molecule has 0 bridgehead atoms. The summed E-state index contributed by atoms with van der Waals surface area (Å²) >= 11 is 0. The lowest BCUT2D eigenvalue weighted by molar-refractivity contribution is -0.137. The molecule has 1 fully saturated rings. The fourth-order valence-electron chi connectivity index (χ4n) is 3.11. The highest BCUT2D eigenvalue weighted by atomic mass is 19.4. The molecule has 0 atom stereocenters. The third-order valence-electron chi connectivity index (χ3n) is 4.25. The zero-order valence-corrected chi connectivity index (χ0v) is 13.1. The van der Waals surface area contributed by atoms with Gasteiger partial charge in [-0.3, -0.25) is 9.59 Å². The Morgan fingerprint density at radius 1 is 0.880 bits per heavy atom. The van der Waals surface area contributed by atoms with Gasteiger partial charge in [-0.2, -0.15) is 13.2 Å². The second-order valence-corrected chi connectivity index (χ2v) is 6.21. The van der Waals surface area contributed by atoms with Crippen LogP contribution in [0.25, 0.3) is 11.1 Å². The molecule has 130 valence electrons. The third kappa shape index (κ3) is 3.95. The molecule has 0 N–H and O–H groups in total.